The maximum Gasteiger partial charge on any atom is 0.366 e. The van der Waals surface area contributed by atoms with Gasteiger partial charge in [0.05, 0.1) is 11.6 Å². The van der Waals surface area contributed by atoms with Crippen molar-refractivity contribution in [2.75, 3.05) is 5.73 Å². The van der Waals surface area contributed by atoms with E-state index in [0.29, 0.717) is 16.5 Å². The fourth-order valence-electron chi connectivity index (χ4n) is 1.05. The Hall–Kier alpha value is -1.84. The van der Waals surface area contributed by atoms with E-state index in [1.165, 1.54) is 6.20 Å². The molecule has 0 radical (unpaired) electrons. The molecule has 0 atom stereocenters. The number of aromatic nitrogens is 1. The summed E-state index contributed by atoms with van der Waals surface area (Å²) in [7, 11) is 0. The minimum atomic E-state index is -0.438. The van der Waals surface area contributed by atoms with Crippen LogP contribution in [0.15, 0.2) is 33.7 Å². The van der Waals surface area contributed by atoms with Crippen LogP contribution < -0.4 is 11.4 Å². The van der Waals surface area contributed by atoms with Crippen molar-refractivity contribution < 1.29 is 4.52 Å². The molecular formula is C8H6N2O2. The van der Waals surface area contributed by atoms with Crippen LogP contribution in [0.5, 0.6) is 0 Å². The average molecular weight is 162 g/mol. The lowest BCUT2D eigenvalue weighted by Crippen LogP contribution is -2.00. The molecule has 12 heavy (non-hydrogen) atoms. The molecule has 1 aromatic heterocycles. The Morgan fingerprint density at radius 1 is 1.42 bits per heavy atom. The summed E-state index contributed by atoms with van der Waals surface area (Å²) in [6, 6.07) is 4.96. The van der Waals surface area contributed by atoms with Crippen LogP contribution in [0.2, 0.25) is 0 Å². The third-order valence-electron chi connectivity index (χ3n) is 1.62. The lowest BCUT2D eigenvalue weighted by atomic mass is 10.2. The maximum atomic E-state index is 11.0. The summed E-state index contributed by atoms with van der Waals surface area (Å²) < 4.78 is 4.43. The molecule has 0 saturated carbocycles. The van der Waals surface area contributed by atoms with E-state index in [2.05, 4.69) is 9.68 Å². The zero-order valence-corrected chi connectivity index (χ0v) is 6.15. The fraction of sp³-hybridized carbons (Fsp3) is 0. The lowest BCUT2D eigenvalue weighted by molar-refractivity contribution is 0.377. The van der Waals surface area contributed by atoms with Crippen molar-refractivity contribution in [3.05, 3.63) is 34.8 Å². The molecule has 2 aromatic rings. The van der Waals surface area contributed by atoms with E-state index in [0.717, 1.165) is 0 Å². The van der Waals surface area contributed by atoms with E-state index in [-0.39, 0.29) is 0 Å². The van der Waals surface area contributed by atoms with Gasteiger partial charge >= 0.3 is 5.63 Å². The number of anilines is 1. The summed E-state index contributed by atoms with van der Waals surface area (Å²) in [4.78, 5) is 11.0. The summed E-state index contributed by atoms with van der Waals surface area (Å²) in [5.41, 5.74) is 5.68. The van der Waals surface area contributed by atoms with Crippen molar-refractivity contribution in [1.29, 1.82) is 0 Å². The second kappa shape index (κ2) is 2.34. The van der Waals surface area contributed by atoms with Crippen LogP contribution in [0.25, 0.3) is 10.8 Å². The highest BCUT2D eigenvalue weighted by atomic mass is 16.5. The molecule has 2 N–H and O–H groups in total. The Morgan fingerprint density at radius 3 is 3.08 bits per heavy atom. The molecule has 2 rings (SSSR count). The van der Waals surface area contributed by atoms with E-state index in [9.17, 15) is 4.79 Å². The smallest absolute Gasteiger partial charge is 0.366 e. The molecule has 1 heterocycles. The van der Waals surface area contributed by atoms with Gasteiger partial charge in [0.2, 0.25) is 0 Å². The molecule has 0 spiro atoms. The number of benzene rings is 1. The van der Waals surface area contributed by atoms with Gasteiger partial charge in [-0.05, 0) is 18.2 Å². The van der Waals surface area contributed by atoms with E-state index < -0.39 is 5.63 Å². The van der Waals surface area contributed by atoms with Gasteiger partial charge in [0.1, 0.15) is 0 Å². The lowest BCUT2D eigenvalue weighted by Gasteiger charge is -1.94. The molecule has 0 unspecified atom stereocenters. The summed E-state index contributed by atoms with van der Waals surface area (Å²) in [5.74, 6) is 0. The number of hydrogen-bond acceptors (Lipinski definition) is 4. The largest absolute Gasteiger partial charge is 0.399 e. The van der Waals surface area contributed by atoms with Crippen molar-refractivity contribution >= 4 is 16.5 Å². The topological polar surface area (TPSA) is 69.1 Å². The van der Waals surface area contributed by atoms with Crippen LogP contribution in [-0.2, 0) is 0 Å². The number of nitrogens with zero attached hydrogens (tertiary/aromatic N) is 1. The maximum absolute atomic E-state index is 11.0. The van der Waals surface area contributed by atoms with E-state index in [1.54, 1.807) is 18.2 Å². The molecular weight excluding hydrogens is 156 g/mol. The normalized spacial score (nSPS) is 10.3. The van der Waals surface area contributed by atoms with Crippen LogP contribution in [0, 0.1) is 0 Å². The van der Waals surface area contributed by atoms with Crippen molar-refractivity contribution in [1.82, 2.24) is 5.16 Å². The van der Waals surface area contributed by atoms with E-state index in [1.807, 2.05) is 0 Å². The monoisotopic (exact) mass is 162 g/mol. The predicted molar refractivity (Wildman–Crippen MR) is 44.7 cm³/mol. The molecule has 0 fully saturated rings. The third kappa shape index (κ3) is 0.934. The number of nitrogens with two attached hydrogens (primary N) is 1. The highest BCUT2D eigenvalue weighted by molar-refractivity contribution is 5.83. The highest BCUT2D eigenvalue weighted by Gasteiger charge is 1.99. The van der Waals surface area contributed by atoms with Crippen molar-refractivity contribution in [2.45, 2.75) is 0 Å². The van der Waals surface area contributed by atoms with Crippen molar-refractivity contribution in [3.8, 4) is 0 Å². The summed E-state index contributed by atoms with van der Waals surface area (Å²) in [6.45, 7) is 0. The molecule has 4 heteroatoms. The molecule has 0 aliphatic carbocycles. The highest BCUT2D eigenvalue weighted by Crippen LogP contribution is 2.11. The fourth-order valence-corrected chi connectivity index (χ4v) is 1.05. The zero-order valence-electron chi connectivity index (χ0n) is 6.15. The number of rotatable bonds is 0. The van der Waals surface area contributed by atoms with Crippen molar-refractivity contribution in [2.24, 2.45) is 0 Å². The summed E-state index contributed by atoms with van der Waals surface area (Å²) >= 11 is 0. The first-order valence-corrected chi connectivity index (χ1v) is 3.41. The molecule has 1 aromatic carbocycles. The zero-order chi connectivity index (χ0) is 8.55. The number of fused-ring (bicyclic) bond motifs is 1. The average Bonchev–Trinajstić information content (AvgIpc) is 2.04. The summed E-state index contributed by atoms with van der Waals surface area (Å²) in [5, 5.41) is 4.61. The van der Waals surface area contributed by atoms with Gasteiger partial charge in [0.15, 0.2) is 0 Å². The Kier molecular flexibility index (Phi) is 1.33. The second-order valence-electron chi connectivity index (χ2n) is 2.46. The Morgan fingerprint density at radius 2 is 2.25 bits per heavy atom. The van der Waals surface area contributed by atoms with Gasteiger partial charge in [0, 0.05) is 11.1 Å². The van der Waals surface area contributed by atoms with Crippen LogP contribution in [0.4, 0.5) is 5.69 Å². The Labute approximate surface area is 67.6 Å². The van der Waals surface area contributed by atoms with Gasteiger partial charge in [-0.2, -0.15) is 0 Å². The van der Waals surface area contributed by atoms with Crippen LogP contribution >= 0.6 is 0 Å². The van der Waals surface area contributed by atoms with Gasteiger partial charge in [0.25, 0.3) is 0 Å². The first-order chi connectivity index (χ1) is 5.77. The van der Waals surface area contributed by atoms with Gasteiger partial charge in [-0.1, -0.05) is 5.16 Å². The standard InChI is InChI=1S/C8H6N2O2/c9-6-1-2-7-5(3-6)4-10-12-8(7)11/h1-4H,9H2. The number of hydrogen-bond donors (Lipinski definition) is 1. The molecule has 0 aliphatic heterocycles. The van der Waals surface area contributed by atoms with Gasteiger partial charge in [-0.15, -0.1) is 0 Å². The van der Waals surface area contributed by atoms with E-state index >= 15 is 0 Å². The van der Waals surface area contributed by atoms with Gasteiger partial charge < -0.3 is 10.3 Å². The van der Waals surface area contributed by atoms with Gasteiger partial charge in [-0.25, -0.2) is 4.79 Å². The molecule has 4 nitrogen and oxygen atoms in total. The SMILES string of the molecule is Nc1ccc2c(=O)oncc2c1. The van der Waals surface area contributed by atoms with E-state index in [4.69, 9.17) is 5.73 Å². The van der Waals surface area contributed by atoms with Gasteiger partial charge in [-0.3, -0.25) is 0 Å². The first kappa shape index (κ1) is 6.84. The molecule has 0 amide bonds. The molecule has 0 bridgehead atoms. The van der Waals surface area contributed by atoms with Crippen LogP contribution in [0.3, 0.4) is 0 Å². The van der Waals surface area contributed by atoms with Crippen LogP contribution in [-0.4, -0.2) is 5.16 Å². The van der Waals surface area contributed by atoms with Crippen molar-refractivity contribution in [3.63, 3.8) is 0 Å². The Balaban J connectivity index is 2.96. The predicted octanol–water partition coefficient (Wildman–Crippen LogP) is 0.770. The van der Waals surface area contributed by atoms with Crippen LogP contribution in [0.1, 0.15) is 0 Å². The minimum absolute atomic E-state index is 0.438. The minimum Gasteiger partial charge on any atom is -0.399 e. The molecule has 0 saturated heterocycles. The number of nitrogen functional groups attached to an aromatic ring is 1. The Bertz CT molecular complexity index is 476. The third-order valence-corrected chi connectivity index (χ3v) is 1.62. The molecule has 60 valence electrons. The summed E-state index contributed by atoms with van der Waals surface area (Å²) in [6.07, 6.45) is 1.47. The second-order valence-corrected chi connectivity index (χ2v) is 2.46. The molecule has 0 aliphatic rings. The first-order valence-electron chi connectivity index (χ1n) is 3.41. The quantitative estimate of drug-likeness (QED) is 0.581.